The van der Waals surface area contributed by atoms with E-state index in [1.165, 1.54) is 5.56 Å². The van der Waals surface area contributed by atoms with Crippen molar-refractivity contribution in [1.29, 1.82) is 0 Å². The molecule has 1 aromatic carbocycles. The Morgan fingerprint density at radius 3 is 2.71 bits per heavy atom. The van der Waals surface area contributed by atoms with E-state index in [-0.39, 0.29) is 5.92 Å². The number of hydrogen-bond acceptors (Lipinski definition) is 7. The molecule has 1 aliphatic rings. The van der Waals surface area contributed by atoms with Gasteiger partial charge in [0.1, 0.15) is 6.61 Å². The fourth-order valence-corrected chi connectivity index (χ4v) is 3.35. The molecule has 2 aromatic heterocycles. The summed E-state index contributed by atoms with van der Waals surface area (Å²) in [4.78, 5) is 13.1. The molecule has 3 aromatic rings. The first-order chi connectivity index (χ1) is 13.8. The fraction of sp³-hybridized carbons (Fsp3) is 0.238. The third-order valence-corrected chi connectivity index (χ3v) is 4.72. The van der Waals surface area contributed by atoms with E-state index in [2.05, 4.69) is 37.6 Å². The van der Waals surface area contributed by atoms with E-state index >= 15 is 0 Å². The Kier molecular flexibility index (Phi) is 5.42. The standard InChI is InChI=1S/C21H21N5O2/c27-26-19-13-16(15-6-2-1-3-7-15)12-18-17(19)14-24-21(25-18)23-10-11-28-20-8-4-5-9-22-20/h1-9,14,16,27H,10-13H2,(H,23,24,25)/b26-19+. The number of rotatable bonds is 6. The SMILES string of the molecule is O/N=C1\CC(c2ccccc2)Cc2nc(NCCOc3ccccn3)ncc21. The highest BCUT2D eigenvalue weighted by molar-refractivity contribution is 6.02. The van der Waals surface area contributed by atoms with Crippen LogP contribution < -0.4 is 10.1 Å². The summed E-state index contributed by atoms with van der Waals surface area (Å²) in [7, 11) is 0. The van der Waals surface area contributed by atoms with E-state index in [0.29, 0.717) is 37.1 Å². The molecule has 1 atom stereocenters. The van der Waals surface area contributed by atoms with Crippen molar-refractivity contribution in [2.24, 2.45) is 5.16 Å². The molecule has 0 spiro atoms. The number of ether oxygens (including phenoxy) is 1. The Morgan fingerprint density at radius 1 is 1.07 bits per heavy atom. The van der Waals surface area contributed by atoms with Crippen molar-refractivity contribution < 1.29 is 9.94 Å². The van der Waals surface area contributed by atoms with Gasteiger partial charge >= 0.3 is 0 Å². The summed E-state index contributed by atoms with van der Waals surface area (Å²) < 4.78 is 5.57. The minimum atomic E-state index is 0.231. The van der Waals surface area contributed by atoms with Crippen LogP contribution in [0.25, 0.3) is 0 Å². The fourth-order valence-electron chi connectivity index (χ4n) is 3.35. The molecule has 0 saturated heterocycles. The topological polar surface area (TPSA) is 92.5 Å². The van der Waals surface area contributed by atoms with Crippen molar-refractivity contribution in [2.75, 3.05) is 18.5 Å². The predicted octanol–water partition coefficient (Wildman–Crippen LogP) is 3.27. The van der Waals surface area contributed by atoms with Crippen LogP contribution in [0.5, 0.6) is 5.88 Å². The average molecular weight is 375 g/mol. The summed E-state index contributed by atoms with van der Waals surface area (Å²) in [5.74, 6) is 1.36. The van der Waals surface area contributed by atoms with Crippen LogP contribution in [0.1, 0.15) is 29.2 Å². The van der Waals surface area contributed by atoms with Gasteiger partial charge in [0.05, 0.1) is 18.0 Å². The van der Waals surface area contributed by atoms with Crippen molar-refractivity contribution in [3.8, 4) is 5.88 Å². The minimum Gasteiger partial charge on any atom is -0.476 e. The summed E-state index contributed by atoms with van der Waals surface area (Å²) in [6.45, 7) is 1.01. The van der Waals surface area contributed by atoms with E-state index in [4.69, 9.17) is 4.74 Å². The van der Waals surface area contributed by atoms with Gasteiger partial charge in [-0.3, -0.25) is 0 Å². The van der Waals surface area contributed by atoms with Crippen molar-refractivity contribution in [1.82, 2.24) is 15.0 Å². The van der Waals surface area contributed by atoms with E-state index in [0.717, 1.165) is 17.7 Å². The monoisotopic (exact) mass is 375 g/mol. The second-order valence-electron chi connectivity index (χ2n) is 6.56. The van der Waals surface area contributed by atoms with Gasteiger partial charge in [-0.15, -0.1) is 0 Å². The normalized spacial score (nSPS) is 17.1. The highest BCUT2D eigenvalue weighted by Gasteiger charge is 2.27. The first-order valence-corrected chi connectivity index (χ1v) is 9.23. The van der Waals surface area contributed by atoms with Gasteiger partial charge in [-0.05, 0) is 24.0 Å². The van der Waals surface area contributed by atoms with E-state index in [9.17, 15) is 5.21 Å². The summed E-state index contributed by atoms with van der Waals surface area (Å²) in [5.41, 5.74) is 3.53. The van der Waals surface area contributed by atoms with Crippen LogP contribution in [-0.2, 0) is 6.42 Å². The van der Waals surface area contributed by atoms with E-state index in [1.54, 1.807) is 12.4 Å². The molecule has 7 nitrogen and oxygen atoms in total. The molecule has 2 N–H and O–H groups in total. The Morgan fingerprint density at radius 2 is 1.93 bits per heavy atom. The molecular formula is C21H21N5O2. The van der Waals surface area contributed by atoms with Crippen LogP contribution in [0.4, 0.5) is 5.95 Å². The number of hydrogen-bond donors (Lipinski definition) is 2. The lowest BCUT2D eigenvalue weighted by Crippen LogP contribution is -2.22. The lowest BCUT2D eigenvalue weighted by atomic mass is 9.82. The van der Waals surface area contributed by atoms with Crippen LogP contribution in [-0.4, -0.2) is 39.0 Å². The molecule has 7 heteroatoms. The van der Waals surface area contributed by atoms with Crippen LogP contribution in [0, 0.1) is 0 Å². The summed E-state index contributed by atoms with van der Waals surface area (Å²) in [6, 6.07) is 15.8. The molecule has 1 aliphatic carbocycles. The molecule has 4 rings (SSSR count). The highest BCUT2D eigenvalue weighted by Crippen LogP contribution is 2.32. The van der Waals surface area contributed by atoms with Gasteiger partial charge in [-0.25, -0.2) is 15.0 Å². The van der Waals surface area contributed by atoms with Gasteiger partial charge in [0.2, 0.25) is 11.8 Å². The molecule has 0 aliphatic heterocycles. The molecule has 0 amide bonds. The van der Waals surface area contributed by atoms with Gasteiger partial charge in [0.25, 0.3) is 0 Å². The van der Waals surface area contributed by atoms with Crippen LogP contribution in [0.2, 0.25) is 0 Å². The average Bonchev–Trinajstić information content (AvgIpc) is 2.77. The maximum atomic E-state index is 9.45. The molecule has 0 saturated carbocycles. The second-order valence-corrected chi connectivity index (χ2v) is 6.56. The first kappa shape index (κ1) is 17.9. The molecule has 0 bridgehead atoms. The maximum absolute atomic E-state index is 9.45. The van der Waals surface area contributed by atoms with Crippen LogP contribution in [0.15, 0.2) is 66.1 Å². The number of pyridine rings is 1. The lowest BCUT2D eigenvalue weighted by Gasteiger charge is -2.25. The van der Waals surface area contributed by atoms with Crippen molar-refractivity contribution in [3.63, 3.8) is 0 Å². The number of aromatic nitrogens is 3. The maximum Gasteiger partial charge on any atom is 0.223 e. The summed E-state index contributed by atoms with van der Waals surface area (Å²) >= 11 is 0. The van der Waals surface area contributed by atoms with Gasteiger partial charge in [0.15, 0.2) is 0 Å². The van der Waals surface area contributed by atoms with Crippen molar-refractivity contribution >= 4 is 11.7 Å². The summed E-state index contributed by atoms with van der Waals surface area (Å²) in [6.07, 6.45) is 4.86. The third kappa shape index (κ3) is 4.09. The zero-order valence-corrected chi connectivity index (χ0v) is 15.3. The number of nitrogens with one attached hydrogen (secondary N) is 1. The molecule has 2 heterocycles. The Balaban J connectivity index is 1.43. The van der Waals surface area contributed by atoms with Gasteiger partial charge < -0.3 is 15.3 Å². The molecule has 0 fully saturated rings. The molecular weight excluding hydrogens is 354 g/mol. The smallest absolute Gasteiger partial charge is 0.223 e. The molecule has 1 unspecified atom stereocenters. The van der Waals surface area contributed by atoms with Gasteiger partial charge in [-0.1, -0.05) is 41.6 Å². The Labute approximate surface area is 163 Å². The molecule has 142 valence electrons. The minimum absolute atomic E-state index is 0.231. The van der Waals surface area contributed by atoms with Crippen molar-refractivity contribution in [3.05, 3.63) is 77.7 Å². The number of oxime groups is 1. The molecule has 28 heavy (non-hydrogen) atoms. The van der Waals surface area contributed by atoms with Gasteiger partial charge in [-0.2, -0.15) is 0 Å². The first-order valence-electron chi connectivity index (χ1n) is 9.23. The van der Waals surface area contributed by atoms with Crippen molar-refractivity contribution in [2.45, 2.75) is 18.8 Å². The molecule has 0 radical (unpaired) electrons. The largest absolute Gasteiger partial charge is 0.476 e. The lowest BCUT2D eigenvalue weighted by molar-refractivity contribution is 0.316. The van der Waals surface area contributed by atoms with E-state index < -0.39 is 0 Å². The zero-order chi connectivity index (χ0) is 19.2. The number of anilines is 1. The third-order valence-electron chi connectivity index (χ3n) is 4.72. The number of fused-ring (bicyclic) bond motifs is 1. The number of nitrogens with zero attached hydrogens (tertiary/aromatic N) is 4. The van der Waals surface area contributed by atoms with Gasteiger partial charge in [0, 0.05) is 30.4 Å². The van der Waals surface area contributed by atoms with E-state index in [1.807, 2.05) is 36.4 Å². The Hall–Kier alpha value is -3.48. The highest BCUT2D eigenvalue weighted by atomic mass is 16.5. The predicted molar refractivity (Wildman–Crippen MR) is 106 cm³/mol. The zero-order valence-electron chi connectivity index (χ0n) is 15.3. The summed E-state index contributed by atoms with van der Waals surface area (Å²) in [5, 5.41) is 16.1. The van der Waals surface area contributed by atoms with Crippen LogP contribution in [0.3, 0.4) is 0 Å². The Bertz CT molecular complexity index is 948. The van der Waals surface area contributed by atoms with Crippen LogP contribution >= 0.6 is 0 Å². The second kappa shape index (κ2) is 8.47. The quantitative estimate of drug-likeness (QED) is 0.390. The number of benzene rings is 1.